The minimum atomic E-state index is -0.336. The van der Waals surface area contributed by atoms with Crippen LogP contribution in [0.4, 0.5) is 0 Å². The lowest BCUT2D eigenvalue weighted by Crippen LogP contribution is -2.24. The summed E-state index contributed by atoms with van der Waals surface area (Å²) >= 11 is 9.25. The van der Waals surface area contributed by atoms with Crippen LogP contribution in [0.5, 0.6) is 5.88 Å². The summed E-state index contributed by atoms with van der Waals surface area (Å²) < 4.78 is 8.67. The molecule has 4 rings (SSSR count). The third-order valence-corrected chi connectivity index (χ3v) is 6.19. The van der Waals surface area contributed by atoms with Gasteiger partial charge in [-0.3, -0.25) is 4.79 Å². The molecule has 0 radical (unpaired) electrons. The number of esters is 1. The fraction of sp³-hybridized carbons (Fsp3) is 0.0526. The van der Waals surface area contributed by atoms with Gasteiger partial charge in [-0.1, -0.05) is 57.7 Å². The average molecular weight is 387 g/mol. The first kappa shape index (κ1) is 16.3. The van der Waals surface area contributed by atoms with E-state index in [4.69, 9.17) is 16.3 Å². The fourth-order valence-electron chi connectivity index (χ4n) is 2.62. The van der Waals surface area contributed by atoms with Gasteiger partial charge in [-0.25, -0.2) is 0 Å². The summed E-state index contributed by atoms with van der Waals surface area (Å²) in [5.74, 6) is 0.225. The Kier molecular flexibility index (Phi) is 4.29. The molecule has 25 heavy (non-hydrogen) atoms. The summed E-state index contributed by atoms with van der Waals surface area (Å²) in [4.78, 5) is 12.7. The first-order valence-electron chi connectivity index (χ1n) is 7.59. The number of aromatic nitrogens is 1. The highest BCUT2D eigenvalue weighted by Gasteiger charge is 2.31. The number of benzene rings is 2. The maximum Gasteiger partial charge on any atom is 0.402 e. The van der Waals surface area contributed by atoms with Crippen molar-refractivity contribution >= 4 is 44.4 Å². The van der Waals surface area contributed by atoms with Crippen LogP contribution in [0, 0.1) is 0 Å². The lowest BCUT2D eigenvalue weighted by Gasteiger charge is -2.00. The number of rotatable bonds is 3. The smallest absolute Gasteiger partial charge is 0.370 e. The van der Waals surface area contributed by atoms with Crippen molar-refractivity contribution in [3.63, 3.8) is 0 Å². The third-order valence-electron chi connectivity index (χ3n) is 3.70. The van der Waals surface area contributed by atoms with Gasteiger partial charge in [0.25, 0.3) is 0 Å². The molecule has 0 unspecified atom stereocenters. The van der Waals surface area contributed by atoms with Crippen molar-refractivity contribution in [3.05, 3.63) is 65.0 Å². The topological polar surface area (TPSA) is 30.4 Å². The number of hydrogen-bond donors (Lipinski definition) is 0. The second kappa shape index (κ2) is 6.59. The van der Waals surface area contributed by atoms with E-state index in [1.165, 1.54) is 6.92 Å². The predicted molar refractivity (Wildman–Crippen MR) is 103 cm³/mol. The van der Waals surface area contributed by atoms with E-state index < -0.39 is 0 Å². The second-order valence-corrected chi connectivity index (χ2v) is 7.98. The zero-order chi connectivity index (χ0) is 17.4. The maximum absolute atomic E-state index is 11.7. The largest absolute Gasteiger partial charge is 0.402 e. The van der Waals surface area contributed by atoms with Crippen LogP contribution in [-0.2, 0) is 4.79 Å². The van der Waals surface area contributed by atoms with Crippen LogP contribution in [0.3, 0.4) is 0 Å². The number of hydrogen-bond acceptors (Lipinski definition) is 4. The third kappa shape index (κ3) is 3.06. The van der Waals surface area contributed by atoms with Crippen molar-refractivity contribution in [2.24, 2.45) is 0 Å². The number of carbonyl (C=O) groups is 1. The number of carbonyl (C=O) groups excluding carboxylic acids is 1. The van der Waals surface area contributed by atoms with Gasteiger partial charge in [0, 0.05) is 23.1 Å². The van der Waals surface area contributed by atoms with E-state index in [1.807, 2.05) is 59.0 Å². The molecular formula is C19H13ClNO2S2+. The van der Waals surface area contributed by atoms with Crippen molar-refractivity contribution in [2.75, 3.05) is 0 Å². The van der Waals surface area contributed by atoms with Crippen LogP contribution in [0.2, 0.25) is 5.02 Å². The van der Waals surface area contributed by atoms with E-state index in [9.17, 15) is 4.79 Å². The van der Waals surface area contributed by atoms with E-state index in [0.717, 1.165) is 25.8 Å². The number of ether oxygens (including phenoxy) is 1. The molecule has 3 nitrogen and oxygen atoms in total. The Morgan fingerprint density at radius 3 is 2.44 bits per heavy atom. The normalized spacial score (nSPS) is 11.0. The summed E-state index contributed by atoms with van der Waals surface area (Å²) in [6.07, 6.45) is 0. The highest BCUT2D eigenvalue weighted by Crippen LogP contribution is 2.39. The highest BCUT2D eigenvalue weighted by atomic mass is 35.5. The molecule has 2 aromatic carbocycles. The zero-order valence-corrected chi connectivity index (χ0v) is 15.6. The summed E-state index contributed by atoms with van der Waals surface area (Å²) in [6, 6.07) is 17.6. The fourth-order valence-corrected chi connectivity index (χ4v) is 5.00. The van der Waals surface area contributed by atoms with Gasteiger partial charge in [0.1, 0.15) is 0 Å². The minimum absolute atomic E-state index is 0.336. The SMILES string of the molecule is CC(=O)Oc1c(-c2ccccc2)sc2scc(-c3ccc(Cl)cc3)[n+]12. The summed E-state index contributed by atoms with van der Waals surface area (Å²) in [7, 11) is 0. The Bertz CT molecular complexity index is 1050. The van der Waals surface area contributed by atoms with Crippen LogP contribution in [0.15, 0.2) is 60.0 Å². The molecule has 0 spiro atoms. The molecular weight excluding hydrogens is 374 g/mol. The lowest BCUT2D eigenvalue weighted by molar-refractivity contribution is -0.498. The van der Waals surface area contributed by atoms with E-state index in [2.05, 4.69) is 5.38 Å². The lowest BCUT2D eigenvalue weighted by atomic mass is 10.1. The Morgan fingerprint density at radius 1 is 1.04 bits per heavy atom. The molecule has 124 valence electrons. The van der Waals surface area contributed by atoms with Crippen molar-refractivity contribution < 1.29 is 13.9 Å². The molecule has 0 bridgehead atoms. The summed E-state index contributed by atoms with van der Waals surface area (Å²) in [6.45, 7) is 1.42. The number of thiazole rings is 2. The van der Waals surface area contributed by atoms with E-state index in [1.54, 1.807) is 22.7 Å². The highest BCUT2D eigenvalue weighted by molar-refractivity contribution is 7.36. The number of fused-ring (bicyclic) bond motifs is 1. The van der Waals surface area contributed by atoms with Crippen molar-refractivity contribution in [1.82, 2.24) is 0 Å². The Labute approximate surface area is 157 Å². The zero-order valence-electron chi connectivity index (χ0n) is 13.2. The molecule has 6 heteroatoms. The van der Waals surface area contributed by atoms with E-state index in [-0.39, 0.29) is 5.97 Å². The van der Waals surface area contributed by atoms with Gasteiger partial charge in [-0.05, 0) is 35.6 Å². The van der Waals surface area contributed by atoms with Crippen molar-refractivity contribution in [2.45, 2.75) is 6.92 Å². The predicted octanol–water partition coefficient (Wildman–Crippen LogP) is 5.46. The summed E-state index contributed by atoms with van der Waals surface area (Å²) in [5, 5.41) is 2.76. The summed E-state index contributed by atoms with van der Waals surface area (Å²) in [5.41, 5.74) is 3.03. The van der Waals surface area contributed by atoms with E-state index in [0.29, 0.717) is 10.9 Å². The maximum atomic E-state index is 11.7. The molecule has 2 heterocycles. The molecule has 0 N–H and O–H groups in total. The molecule has 0 amide bonds. The molecule has 0 saturated heterocycles. The van der Waals surface area contributed by atoms with Gasteiger partial charge in [-0.2, -0.15) is 0 Å². The van der Waals surface area contributed by atoms with Crippen molar-refractivity contribution in [1.29, 1.82) is 0 Å². The quantitative estimate of drug-likeness (QED) is 0.345. The Hall–Kier alpha value is -2.21. The monoisotopic (exact) mass is 386 g/mol. The second-order valence-electron chi connectivity index (χ2n) is 5.43. The van der Waals surface area contributed by atoms with Crippen LogP contribution in [0.1, 0.15) is 6.92 Å². The minimum Gasteiger partial charge on any atom is -0.370 e. The first-order valence-corrected chi connectivity index (χ1v) is 9.67. The molecule has 0 aliphatic rings. The molecule has 0 aliphatic carbocycles. The van der Waals surface area contributed by atoms with Gasteiger partial charge < -0.3 is 4.74 Å². The molecule has 0 atom stereocenters. The Morgan fingerprint density at radius 2 is 1.76 bits per heavy atom. The average Bonchev–Trinajstić information content (AvgIpc) is 3.17. The van der Waals surface area contributed by atoms with Gasteiger partial charge in [0.05, 0.1) is 5.38 Å². The van der Waals surface area contributed by atoms with Gasteiger partial charge >= 0.3 is 16.0 Å². The Balaban J connectivity index is 1.96. The number of nitrogens with zero attached hydrogens (tertiary/aromatic N) is 1. The van der Waals surface area contributed by atoms with Gasteiger partial charge in [0.2, 0.25) is 5.69 Å². The molecule has 0 aliphatic heterocycles. The van der Waals surface area contributed by atoms with Crippen LogP contribution >= 0.6 is 34.3 Å². The number of halogens is 1. The van der Waals surface area contributed by atoms with Crippen molar-refractivity contribution in [3.8, 4) is 27.6 Å². The van der Waals surface area contributed by atoms with Crippen LogP contribution < -0.4 is 9.14 Å². The van der Waals surface area contributed by atoms with Crippen LogP contribution in [-0.4, -0.2) is 5.97 Å². The molecule has 4 aromatic rings. The first-order chi connectivity index (χ1) is 12.1. The molecule has 0 saturated carbocycles. The van der Waals surface area contributed by atoms with Crippen LogP contribution in [0.25, 0.3) is 25.8 Å². The molecule has 0 fully saturated rings. The standard InChI is InChI=1S/C19H13ClNO2S2/c1-12(22)23-18-17(14-5-3-2-4-6-14)25-19-21(18)16(11-24-19)13-7-9-15(20)10-8-13/h2-11H,1H3/q+1. The molecule has 2 aromatic heterocycles. The van der Waals surface area contributed by atoms with Gasteiger partial charge in [0.15, 0.2) is 4.88 Å². The van der Waals surface area contributed by atoms with Gasteiger partial charge in [-0.15, -0.1) is 0 Å². The van der Waals surface area contributed by atoms with E-state index >= 15 is 0 Å².